The fraction of sp³-hybridized carbons (Fsp3) is 0.300. The second kappa shape index (κ2) is 7.72. The molecule has 0 atom stereocenters. The number of amides is 1. The van der Waals surface area contributed by atoms with Gasteiger partial charge in [0.25, 0.3) is 5.91 Å². The summed E-state index contributed by atoms with van der Waals surface area (Å²) in [6.45, 7) is 2.31. The lowest BCUT2D eigenvalue weighted by Crippen LogP contribution is -2.39. The van der Waals surface area contributed by atoms with Gasteiger partial charge in [-0.2, -0.15) is 5.26 Å². The Morgan fingerprint density at radius 1 is 1.26 bits per heavy atom. The zero-order chi connectivity index (χ0) is 18.6. The third kappa shape index (κ3) is 3.76. The molecule has 136 valence electrons. The van der Waals surface area contributed by atoms with Gasteiger partial charge in [0, 0.05) is 36.7 Å². The fourth-order valence-electron chi connectivity index (χ4n) is 3.41. The summed E-state index contributed by atoms with van der Waals surface area (Å²) in [6.07, 6.45) is 5.06. The van der Waals surface area contributed by atoms with Gasteiger partial charge in [0.1, 0.15) is 6.07 Å². The quantitative estimate of drug-likeness (QED) is 0.755. The number of carbonyl (C=O) groups excluding carboxylic acids is 1. The van der Waals surface area contributed by atoms with E-state index in [1.165, 1.54) is 11.3 Å². The highest BCUT2D eigenvalue weighted by molar-refractivity contribution is 7.20. The van der Waals surface area contributed by atoms with E-state index < -0.39 is 0 Å². The third-order valence-electron chi connectivity index (χ3n) is 4.90. The van der Waals surface area contributed by atoms with Crippen LogP contribution in [-0.4, -0.2) is 35.5 Å². The molecule has 1 aliphatic rings. The van der Waals surface area contributed by atoms with Crippen molar-refractivity contribution in [2.75, 3.05) is 24.5 Å². The first-order valence-corrected chi connectivity index (χ1v) is 9.79. The largest absolute Gasteiger partial charge is 0.354 e. The fourth-order valence-corrected chi connectivity index (χ4v) is 4.39. The van der Waals surface area contributed by atoms with Gasteiger partial charge in [-0.05, 0) is 36.3 Å². The highest BCUT2D eigenvalue weighted by Crippen LogP contribution is 2.26. The molecule has 1 amide bonds. The Bertz CT molecular complexity index is 968. The van der Waals surface area contributed by atoms with Gasteiger partial charge in [-0.15, -0.1) is 11.3 Å². The Balaban J connectivity index is 1.32. The van der Waals surface area contributed by atoms with Crippen molar-refractivity contribution in [3.8, 4) is 6.07 Å². The van der Waals surface area contributed by atoms with Crippen molar-refractivity contribution >= 4 is 33.1 Å². The maximum Gasteiger partial charge on any atom is 0.261 e. The van der Waals surface area contributed by atoms with Crippen LogP contribution in [0.25, 0.3) is 10.1 Å². The van der Waals surface area contributed by atoms with Crippen LogP contribution in [0, 0.1) is 17.2 Å². The number of anilines is 1. The van der Waals surface area contributed by atoms with Crippen LogP contribution < -0.4 is 10.2 Å². The number of carbonyl (C=O) groups is 1. The van der Waals surface area contributed by atoms with Gasteiger partial charge < -0.3 is 10.2 Å². The summed E-state index contributed by atoms with van der Waals surface area (Å²) in [6, 6.07) is 12.1. The van der Waals surface area contributed by atoms with E-state index in [1.54, 1.807) is 12.4 Å². The van der Waals surface area contributed by atoms with Gasteiger partial charge in [0.2, 0.25) is 0 Å². The lowest BCUT2D eigenvalue weighted by Gasteiger charge is -2.32. The van der Waals surface area contributed by atoms with Crippen LogP contribution in [0.1, 0.15) is 28.2 Å². The standard InChI is InChI=1S/C20H19N5OS/c21-12-16-19(23-8-7-22-16)25-9-5-14(6-10-25)13-24-20(26)18-11-15-3-1-2-4-17(15)27-18/h1-4,7-8,11,14H,5-6,9-10,13H2,(H,24,26). The third-order valence-corrected chi connectivity index (χ3v) is 6.01. The Morgan fingerprint density at radius 3 is 2.81 bits per heavy atom. The highest BCUT2D eigenvalue weighted by Gasteiger charge is 2.23. The van der Waals surface area contributed by atoms with Crippen molar-refractivity contribution in [3.63, 3.8) is 0 Å². The first kappa shape index (κ1) is 17.4. The molecule has 3 aromatic rings. The number of hydrogen-bond acceptors (Lipinski definition) is 6. The molecule has 27 heavy (non-hydrogen) atoms. The molecule has 1 saturated heterocycles. The maximum absolute atomic E-state index is 12.5. The van der Waals surface area contributed by atoms with E-state index in [1.807, 2.05) is 30.3 Å². The molecule has 1 N–H and O–H groups in total. The number of piperidine rings is 1. The molecule has 0 spiro atoms. The van der Waals surface area contributed by atoms with Crippen molar-refractivity contribution < 1.29 is 4.79 Å². The molecule has 2 aromatic heterocycles. The van der Waals surface area contributed by atoms with E-state index >= 15 is 0 Å². The number of benzene rings is 1. The minimum atomic E-state index is -0.000627. The van der Waals surface area contributed by atoms with E-state index in [9.17, 15) is 10.1 Å². The van der Waals surface area contributed by atoms with Gasteiger partial charge in [0.05, 0.1) is 4.88 Å². The minimum Gasteiger partial charge on any atom is -0.354 e. The van der Waals surface area contributed by atoms with Gasteiger partial charge in [-0.25, -0.2) is 9.97 Å². The molecular formula is C20H19N5OS. The van der Waals surface area contributed by atoms with Gasteiger partial charge in [-0.1, -0.05) is 18.2 Å². The van der Waals surface area contributed by atoms with Gasteiger partial charge >= 0.3 is 0 Å². The van der Waals surface area contributed by atoms with Crippen LogP contribution in [0.2, 0.25) is 0 Å². The zero-order valence-electron chi connectivity index (χ0n) is 14.8. The number of nitriles is 1. The predicted molar refractivity (Wildman–Crippen MR) is 106 cm³/mol. The molecule has 3 heterocycles. The maximum atomic E-state index is 12.5. The Hall–Kier alpha value is -2.98. The summed E-state index contributed by atoms with van der Waals surface area (Å²) in [5.74, 6) is 1.09. The molecule has 4 rings (SSSR count). The van der Waals surface area contributed by atoms with E-state index in [4.69, 9.17) is 0 Å². The second-order valence-electron chi connectivity index (χ2n) is 6.63. The molecule has 1 aliphatic heterocycles. The van der Waals surface area contributed by atoms with Crippen LogP contribution in [0.3, 0.4) is 0 Å². The van der Waals surface area contributed by atoms with Gasteiger partial charge in [0.15, 0.2) is 11.5 Å². The van der Waals surface area contributed by atoms with Crippen LogP contribution in [0.5, 0.6) is 0 Å². The van der Waals surface area contributed by atoms with E-state index in [-0.39, 0.29) is 5.91 Å². The molecule has 6 nitrogen and oxygen atoms in total. The van der Waals surface area contributed by atoms with Crippen LogP contribution in [-0.2, 0) is 0 Å². The number of nitrogens with zero attached hydrogens (tertiary/aromatic N) is 4. The first-order chi connectivity index (χ1) is 13.2. The number of hydrogen-bond donors (Lipinski definition) is 1. The molecule has 0 radical (unpaired) electrons. The minimum absolute atomic E-state index is 0.000627. The van der Waals surface area contributed by atoms with E-state index in [2.05, 4.69) is 26.3 Å². The SMILES string of the molecule is N#Cc1nccnc1N1CCC(CNC(=O)c2cc3ccccc3s2)CC1. The van der Waals surface area contributed by atoms with E-state index in [0.29, 0.717) is 24.0 Å². The molecule has 0 aliphatic carbocycles. The predicted octanol–water partition coefficient (Wildman–Crippen LogP) is 3.21. The Morgan fingerprint density at radius 2 is 2.04 bits per heavy atom. The molecular weight excluding hydrogens is 358 g/mol. The number of aromatic nitrogens is 2. The van der Waals surface area contributed by atoms with Crippen LogP contribution in [0.15, 0.2) is 42.7 Å². The lowest BCUT2D eigenvalue weighted by atomic mass is 9.96. The summed E-state index contributed by atoms with van der Waals surface area (Å²) < 4.78 is 1.13. The summed E-state index contributed by atoms with van der Waals surface area (Å²) in [5.41, 5.74) is 0.369. The first-order valence-electron chi connectivity index (χ1n) is 8.97. The zero-order valence-corrected chi connectivity index (χ0v) is 15.6. The van der Waals surface area contributed by atoms with Crippen LogP contribution >= 0.6 is 11.3 Å². The topological polar surface area (TPSA) is 81.9 Å². The second-order valence-corrected chi connectivity index (χ2v) is 7.71. The Labute approximate surface area is 161 Å². The van der Waals surface area contributed by atoms with E-state index in [0.717, 1.165) is 40.9 Å². The molecule has 1 fully saturated rings. The van der Waals surface area contributed by atoms with Gasteiger partial charge in [-0.3, -0.25) is 4.79 Å². The van der Waals surface area contributed by atoms with Crippen molar-refractivity contribution in [3.05, 3.63) is 53.3 Å². The van der Waals surface area contributed by atoms with Crippen molar-refractivity contribution in [2.24, 2.45) is 5.92 Å². The summed E-state index contributed by atoms with van der Waals surface area (Å²) in [5, 5.41) is 13.4. The summed E-state index contributed by atoms with van der Waals surface area (Å²) in [4.78, 5) is 23.7. The number of fused-ring (bicyclic) bond motifs is 1. The van der Waals surface area contributed by atoms with Crippen molar-refractivity contribution in [2.45, 2.75) is 12.8 Å². The monoisotopic (exact) mass is 377 g/mol. The molecule has 7 heteroatoms. The average Bonchev–Trinajstić information content (AvgIpc) is 3.17. The lowest BCUT2D eigenvalue weighted by molar-refractivity contribution is 0.0949. The number of nitrogens with one attached hydrogen (secondary N) is 1. The molecule has 0 bridgehead atoms. The summed E-state index contributed by atoms with van der Waals surface area (Å²) >= 11 is 1.53. The van der Waals surface area contributed by atoms with Crippen molar-refractivity contribution in [1.29, 1.82) is 5.26 Å². The highest BCUT2D eigenvalue weighted by atomic mass is 32.1. The molecule has 0 saturated carbocycles. The van der Waals surface area contributed by atoms with Crippen molar-refractivity contribution in [1.82, 2.24) is 15.3 Å². The van der Waals surface area contributed by atoms with Crippen LogP contribution in [0.4, 0.5) is 5.82 Å². The normalized spacial score (nSPS) is 14.9. The number of rotatable bonds is 4. The Kier molecular flexibility index (Phi) is 4.99. The smallest absolute Gasteiger partial charge is 0.261 e. The molecule has 0 unspecified atom stereocenters. The molecule has 1 aromatic carbocycles. The number of thiophene rings is 1. The average molecular weight is 377 g/mol. The summed E-state index contributed by atoms with van der Waals surface area (Å²) in [7, 11) is 0.